The SMILES string of the molecule is N#CN.NC(CS)C(=O)O. The van der Waals surface area contributed by atoms with E-state index in [1.54, 1.807) is 0 Å². The highest BCUT2D eigenvalue weighted by molar-refractivity contribution is 7.80. The summed E-state index contributed by atoms with van der Waals surface area (Å²) in [4.78, 5) is 9.76. The van der Waals surface area contributed by atoms with Crippen LogP contribution in [0.15, 0.2) is 0 Å². The third-order valence-corrected chi connectivity index (χ3v) is 0.907. The zero-order chi connectivity index (χ0) is 8.57. The molecule has 1 atom stereocenters. The van der Waals surface area contributed by atoms with Gasteiger partial charge < -0.3 is 16.6 Å². The summed E-state index contributed by atoms with van der Waals surface area (Å²) in [7, 11) is 0. The van der Waals surface area contributed by atoms with Crippen LogP contribution in [-0.4, -0.2) is 22.9 Å². The Bertz CT molecular complexity index is 133. The first-order valence-corrected chi connectivity index (χ1v) is 2.92. The maximum Gasteiger partial charge on any atom is 0.321 e. The van der Waals surface area contributed by atoms with Gasteiger partial charge in [0.25, 0.3) is 0 Å². The van der Waals surface area contributed by atoms with Crippen LogP contribution in [0.1, 0.15) is 0 Å². The standard InChI is InChI=1S/C3H7NO2S.CH2N2/c4-2(1-7)3(5)6;2-1-3/h2,7H,1,4H2,(H,5,6);2H2. The first kappa shape index (κ1) is 11.8. The minimum atomic E-state index is -1.00. The van der Waals surface area contributed by atoms with E-state index >= 15 is 0 Å². The van der Waals surface area contributed by atoms with E-state index in [0.717, 1.165) is 0 Å². The predicted octanol–water partition coefficient (Wildman–Crippen LogP) is -1.25. The third kappa shape index (κ3) is 10.1. The summed E-state index contributed by atoms with van der Waals surface area (Å²) in [5.74, 6) is -0.815. The van der Waals surface area contributed by atoms with Crippen LogP contribution in [0.3, 0.4) is 0 Å². The molecular formula is C4H9N3O2S. The number of hydrogen-bond donors (Lipinski definition) is 4. The van der Waals surface area contributed by atoms with Gasteiger partial charge in [0.1, 0.15) is 6.04 Å². The molecule has 6 heteroatoms. The molecule has 0 saturated heterocycles. The quantitative estimate of drug-likeness (QED) is 0.231. The molecule has 0 aromatic carbocycles. The summed E-state index contributed by atoms with van der Waals surface area (Å²) >= 11 is 3.65. The number of nitrogens with two attached hydrogens (primary N) is 2. The molecule has 0 aromatic rings. The summed E-state index contributed by atoms with van der Waals surface area (Å²) in [6.07, 6.45) is 1.25. The number of rotatable bonds is 2. The summed E-state index contributed by atoms with van der Waals surface area (Å²) in [6, 6.07) is -0.816. The Morgan fingerprint density at radius 2 is 2.20 bits per heavy atom. The van der Waals surface area contributed by atoms with E-state index in [0.29, 0.717) is 0 Å². The van der Waals surface area contributed by atoms with Crippen LogP contribution in [0.4, 0.5) is 0 Å². The normalized spacial score (nSPS) is 10.1. The molecule has 10 heavy (non-hydrogen) atoms. The summed E-state index contributed by atoms with van der Waals surface area (Å²) < 4.78 is 0. The number of carboxylic acids is 1. The van der Waals surface area contributed by atoms with E-state index in [1.807, 2.05) is 0 Å². The molecule has 58 valence electrons. The van der Waals surface area contributed by atoms with Crippen LogP contribution in [0.25, 0.3) is 0 Å². The molecule has 0 fully saturated rings. The lowest BCUT2D eigenvalue weighted by atomic mass is 10.4. The van der Waals surface area contributed by atoms with Crippen LogP contribution in [0.2, 0.25) is 0 Å². The number of nitrogens with zero attached hydrogens (tertiary/aromatic N) is 1. The van der Waals surface area contributed by atoms with Gasteiger partial charge >= 0.3 is 5.97 Å². The predicted molar refractivity (Wildman–Crippen MR) is 39.3 cm³/mol. The molecule has 0 spiro atoms. The van der Waals surface area contributed by atoms with Crippen molar-refractivity contribution in [3.8, 4) is 6.19 Å². The van der Waals surface area contributed by atoms with Gasteiger partial charge in [0.05, 0.1) is 0 Å². The van der Waals surface area contributed by atoms with E-state index in [4.69, 9.17) is 16.1 Å². The number of hydrogen-bond acceptors (Lipinski definition) is 5. The summed E-state index contributed by atoms with van der Waals surface area (Å²) in [5, 5.41) is 15.1. The molecule has 5 nitrogen and oxygen atoms in total. The molecule has 1 unspecified atom stereocenters. The Morgan fingerprint density at radius 1 is 1.90 bits per heavy atom. The zero-order valence-corrected chi connectivity index (χ0v) is 6.08. The van der Waals surface area contributed by atoms with Crippen LogP contribution < -0.4 is 11.5 Å². The topological polar surface area (TPSA) is 113 Å². The number of carboxylic acid groups (broad SMARTS) is 1. The second-order valence-corrected chi connectivity index (χ2v) is 1.62. The molecule has 0 bridgehead atoms. The van der Waals surface area contributed by atoms with Gasteiger partial charge in [-0.25, -0.2) is 0 Å². The number of aliphatic carboxylic acids is 1. The first-order chi connectivity index (χ1) is 4.59. The maximum atomic E-state index is 9.76. The number of carbonyl (C=O) groups is 1. The van der Waals surface area contributed by atoms with E-state index < -0.39 is 12.0 Å². The molecular weight excluding hydrogens is 154 g/mol. The Balaban J connectivity index is 0. The molecule has 0 amide bonds. The first-order valence-electron chi connectivity index (χ1n) is 2.29. The van der Waals surface area contributed by atoms with Crippen LogP contribution >= 0.6 is 12.6 Å². The van der Waals surface area contributed by atoms with Crippen LogP contribution in [0.5, 0.6) is 0 Å². The third-order valence-electron chi connectivity index (χ3n) is 0.514. The fourth-order valence-corrected chi connectivity index (χ4v) is 0.234. The van der Waals surface area contributed by atoms with E-state index in [2.05, 4.69) is 18.4 Å². The van der Waals surface area contributed by atoms with Gasteiger partial charge in [-0.3, -0.25) is 4.79 Å². The van der Waals surface area contributed by atoms with Crippen molar-refractivity contribution in [2.75, 3.05) is 5.75 Å². The second kappa shape index (κ2) is 8.07. The smallest absolute Gasteiger partial charge is 0.321 e. The van der Waals surface area contributed by atoms with Gasteiger partial charge in [0, 0.05) is 5.75 Å². The van der Waals surface area contributed by atoms with Gasteiger partial charge in [-0.2, -0.15) is 17.9 Å². The Hall–Kier alpha value is -0.930. The number of nitriles is 1. The van der Waals surface area contributed by atoms with Crippen LogP contribution in [0, 0.1) is 11.5 Å². The van der Waals surface area contributed by atoms with E-state index in [9.17, 15) is 4.79 Å². The van der Waals surface area contributed by atoms with Gasteiger partial charge in [0.2, 0.25) is 0 Å². The highest BCUT2D eigenvalue weighted by Crippen LogP contribution is 1.80. The van der Waals surface area contributed by atoms with Crippen molar-refractivity contribution >= 4 is 18.6 Å². The summed E-state index contributed by atoms with van der Waals surface area (Å²) in [6.45, 7) is 0. The lowest BCUT2D eigenvalue weighted by Gasteiger charge is -1.96. The van der Waals surface area contributed by atoms with Crippen molar-refractivity contribution in [1.82, 2.24) is 0 Å². The molecule has 0 aliphatic rings. The van der Waals surface area contributed by atoms with Crippen molar-refractivity contribution in [2.45, 2.75) is 6.04 Å². The minimum Gasteiger partial charge on any atom is -0.480 e. The molecule has 5 N–H and O–H groups in total. The largest absolute Gasteiger partial charge is 0.480 e. The zero-order valence-electron chi connectivity index (χ0n) is 5.19. The maximum absolute atomic E-state index is 9.76. The van der Waals surface area contributed by atoms with Crippen molar-refractivity contribution in [2.24, 2.45) is 11.5 Å². The number of thiol groups is 1. The molecule has 0 aromatic heterocycles. The van der Waals surface area contributed by atoms with E-state index in [1.165, 1.54) is 6.19 Å². The van der Waals surface area contributed by atoms with Crippen molar-refractivity contribution < 1.29 is 9.90 Å². The van der Waals surface area contributed by atoms with Crippen molar-refractivity contribution in [1.29, 1.82) is 5.26 Å². The fourth-order valence-electron chi connectivity index (χ4n) is 0.0781. The molecule has 0 rings (SSSR count). The Labute approximate surface area is 64.0 Å². The summed E-state index contributed by atoms with van der Waals surface area (Å²) in [5.41, 5.74) is 9.09. The van der Waals surface area contributed by atoms with Gasteiger partial charge in [-0.05, 0) is 0 Å². The van der Waals surface area contributed by atoms with Crippen molar-refractivity contribution in [3.05, 3.63) is 0 Å². The second-order valence-electron chi connectivity index (χ2n) is 1.26. The van der Waals surface area contributed by atoms with Gasteiger partial charge in [-0.1, -0.05) is 0 Å². The lowest BCUT2D eigenvalue weighted by Crippen LogP contribution is -2.31. The average Bonchev–Trinajstić information content (AvgIpc) is 1.88. The molecule has 0 aliphatic carbocycles. The van der Waals surface area contributed by atoms with Gasteiger partial charge in [0.15, 0.2) is 6.19 Å². The highest BCUT2D eigenvalue weighted by atomic mass is 32.1. The monoisotopic (exact) mass is 163 g/mol. The fraction of sp³-hybridized carbons (Fsp3) is 0.500. The Kier molecular flexibility index (Phi) is 9.54. The highest BCUT2D eigenvalue weighted by Gasteiger charge is 2.06. The van der Waals surface area contributed by atoms with Crippen LogP contribution in [-0.2, 0) is 4.79 Å². The molecule has 0 aliphatic heterocycles. The average molecular weight is 163 g/mol. The Morgan fingerprint density at radius 3 is 2.20 bits per heavy atom. The molecule has 0 saturated carbocycles. The van der Waals surface area contributed by atoms with E-state index in [-0.39, 0.29) is 5.75 Å². The van der Waals surface area contributed by atoms with Gasteiger partial charge in [-0.15, -0.1) is 0 Å². The molecule has 0 radical (unpaired) electrons. The molecule has 0 heterocycles. The minimum absolute atomic E-state index is 0.190. The lowest BCUT2D eigenvalue weighted by molar-refractivity contribution is -0.137. The van der Waals surface area contributed by atoms with Crippen molar-refractivity contribution in [3.63, 3.8) is 0 Å².